The molecule has 2 saturated carbocycles. The second kappa shape index (κ2) is 6.57. The smallest absolute Gasteiger partial charge is 0.320 e. The molecule has 1 N–H and O–H groups in total. The number of carboxylic acids is 1. The van der Waals surface area contributed by atoms with Crippen LogP contribution in [0.2, 0.25) is 0 Å². The van der Waals surface area contributed by atoms with E-state index in [1.54, 1.807) is 0 Å². The first-order valence-electron chi connectivity index (χ1n) is 8.84. The molecule has 22 heavy (non-hydrogen) atoms. The molecule has 1 saturated heterocycles. The van der Waals surface area contributed by atoms with Crippen molar-refractivity contribution in [3.63, 3.8) is 0 Å². The Labute approximate surface area is 132 Å². The third-order valence-corrected chi connectivity index (χ3v) is 5.59. The van der Waals surface area contributed by atoms with Crippen LogP contribution in [0.5, 0.6) is 0 Å². The van der Waals surface area contributed by atoms with Crippen LogP contribution < -0.4 is 0 Å². The van der Waals surface area contributed by atoms with E-state index in [0.717, 1.165) is 44.6 Å². The standard InChI is InChI=1S/C17H28N2O3/c1-12-4-6-13(7-5-12)19(14-8-9-14)16(20)11-18-10-2-3-15(18)17(21)22/h12-15H,2-11H2,1H3,(H,21,22). The van der Waals surface area contributed by atoms with Gasteiger partial charge in [-0.3, -0.25) is 14.5 Å². The number of carbonyl (C=O) groups excluding carboxylic acids is 1. The lowest BCUT2D eigenvalue weighted by Gasteiger charge is -2.37. The first kappa shape index (κ1) is 15.8. The molecule has 1 amide bonds. The molecule has 5 nitrogen and oxygen atoms in total. The highest BCUT2D eigenvalue weighted by Crippen LogP contribution is 2.35. The Morgan fingerprint density at radius 3 is 2.18 bits per heavy atom. The van der Waals surface area contributed by atoms with Gasteiger partial charge in [0, 0.05) is 12.1 Å². The maximum atomic E-state index is 12.8. The second-order valence-electron chi connectivity index (χ2n) is 7.41. The Morgan fingerprint density at radius 1 is 1.05 bits per heavy atom. The van der Waals surface area contributed by atoms with Crippen molar-refractivity contribution in [2.45, 2.75) is 76.4 Å². The SMILES string of the molecule is CC1CCC(N(C(=O)CN2CCCC2C(=O)O)C2CC2)CC1. The molecule has 0 aromatic heterocycles. The van der Waals surface area contributed by atoms with Gasteiger partial charge in [-0.25, -0.2) is 0 Å². The molecule has 2 aliphatic carbocycles. The van der Waals surface area contributed by atoms with Crippen LogP contribution in [0.3, 0.4) is 0 Å². The molecular weight excluding hydrogens is 280 g/mol. The zero-order chi connectivity index (χ0) is 15.7. The number of amides is 1. The fourth-order valence-corrected chi connectivity index (χ4v) is 4.13. The third kappa shape index (κ3) is 3.45. The van der Waals surface area contributed by atoms with Gasteiger partial charge in [0.1, 0.15) is 6.04 Å². The topological polar surface area (TPSA) is 60.9 Å². The van der Waals surface area contributed by atoms with Gasteiger partial charge in [0.25, 0.3) is 0 Å². The first-order valence-corrected chi connectivity index (χ1v) is 8.84. The minimum atomic E-state index is -0.783. The summed E-state index contributed by atoms with van der Waals surface area (Å²) in [5.41, 5.74) is 0. The van der Waals surface area contributed by atoms with Gasteiger partial charge in [-0.15, -0.1) is 0 Å². The Morgan fingerprint density at radius 2 is 1.64 bits per heavy atom. The van der Waals surface area contributed by atoms with Crippen LogP contribution in [0.1, 0.15) is 58.3 Å². The molecule has 0 aromatic rings. The van der Waals surface area contributed by atoms with Crippen molar-refractivity contribution in [3.05, 3.63) is 0 Å². The first-order chi connectivity index (χ1) is 10.6. The lowest BCUT2D eigenvalue weighted by molar-refractivity contribution is -0.144. The fraction of sp³-hybridized carbons (Fsp3) is 0.882. The molecule has 3 aliphatic rings. The monoisotopic (exact) mass is 308 g/mol. The zero-order valence-electron chi connectivity index (χ0n) is 13.5. The summed E-state index contributed by atoms with van der Waals surface area (Å²) in [7, 11) is 0. The van der Waals surface area contributed by atoms with E-state index in [1.807, 2.05) is 4.90 Å². The van der Waals surface area contributed by atoms with Gasteiger partial charge < -0.3 is 10.0 Å². The highest BCUT2D eigenvalue weighted by Gasteiger charge is 2.40. The van der Waals surface area contributed by atoms with Crippen LogP contribution in [0.25, 0.3) is 0 Å². The van der Waals surface area contributed by atoms with Gasteiger partial charge in [-0.05, 0) is 63.8 Å². The van der Waals surface area contributed by atoms with Crippen LogP contribution >= 0.6 is 0 Å². The summed E-state index contributed by atoms with van der Waals surface area (Å²) in [6.45, 7) is 3.32. The molecule has 1 aliphatic heterocycles. The Bertz CT molecular complexity index is 428. The van der Waals surface area contributed by atoms with Crippen LogP contribution in [0, 0.1) is 5.92 Å². The van der Waals surface area contributed by atoms with Gasteiger partial charge in [0.05, 0.1) is 6.54 Å². The van der Waals surface area contributed by atoms with Crippen molar-refractivity contribution in [1.29, 1.82) is 0 Å². The van der Waals surface area contributed by atoms with Crippen LogP contribution in [0.15, 0.2) is 0 Å². The Balaban J connectivity index is 1.62. The lowest BCUT2D eigenvalue weighted by Crippen LogP contribution is -2.49. The van der Waals surface area contributed by atoms with E-state index >= 15 is 0 Å². The zero-order valence-corrected chi connectivity index (χ0v) is 13.5. The van der Waals surface area contributed by atoms with E-state index in [1.165, 1.54) is 12.8 Å². The summed E-state index contributed by atoms with van der Waals surface area (Å²) < 4.78 is 0. The highest BCUT2D eigenvalue weighted by molar-refractivity contribution is 5.81. The van der Waals surface area contributed by atoms with Crippen LogP contribution in [0.4, 0.5) is 0 Å². The minimum absolute atomic E-state index is 0.162. The largest absolute Gasteiger partial charge is 0.480 e. The maximum Gasteiger partial charge on any atom is 0.320 e. The molecule has 3 fully saturated rings. The van der Waals surface area contributed by atoms with E-state index in [-0.39, 0.29) is 5.91 Å². The molecule has 0 aromatic carbocycles. The molecule has 1 unspecified atom stereocenters. The van der Waals surface area contributed by atoms with E-state index in [4.69, 9.17) is 0 Å². The van der Waals surface area contributed by atoms with Gasteiger partial charge in [-0.1, -0.05) is 6.92 Å². The number of hydrogen-bond donors (Lipinski definition) is 1. The van der Waals surface area contributed by atoms with E-state index in [0.29, 0.717) is 25.0 Å². The van der Waals surface area contributed by atoms with Crippen molar-refractivity contribution in [1.82, 2.24) is 9.80 Å². The van der Waals surface area contributed by atoms with Gasteiger partial charge in [0.15, 0.2) is 0 Å². The predicted molar refractivity (Wildman–Crippen MR) is 83.5 cm³/mol. The Hall–Kier alpha value is -1.10. The van der Waals surface area contributed by atoms with E-state index in [2.05, 4.69) is 11.8 Å². The summed E-state index contributed by atoms with van der Waals surface area (Å²) in [6, 6.07) is 0.357. The molecule has 124 valence electrons. The summed E-state index contributed by atoms with van der Waals surface area (Å²) in [4.78, 5) is 28.1. The Kier molecular flexibility index (Phi) is 4.71. The van der Waals surface area contributed by atoms with Crippen molar-refractivity contribution >= 4 is 11.9 Å². The van der Waals surface area contributed by atoms with Crippen molar-refractivity contribution < 1.29 is 14.7 Å². The number of nitrogens with zero attached hydrogens (tertiary/aromatic N) is 2. The molecule has 0 radical (unpaired) electrons. The third-order valence-electron chi connectivity index (χ3n) is 5.59. The average Bonchev–Trinajstić information content (AvgIpc) is 3.19. The number of likely N-dealkylation sites (tertiary alicyclic amines) is 1. The van der Waals surface area contributed by atoms with E-state index < -0.39 is 12.0 Å². The second-order valence-corrected chi connectivity index (χ2v) is 7.41. The number of carboxylic acid groups (broad SMARTS) is 1. The maximum absolute atomic E-state index is 12.8. The predicted octanol–water partition coefficient (Wildman–Crippen LogP) is 2.11. The average molecular weight is 308 g/mol. The minimum Gasteiger partial charge on any atom is -0.480 e. The van der Waals surface area contributed by atoms with Gasteiger partial charge in [-0.2, -0.15) is 0 Å². The van der Waals surface area contributed by atoms with Crippen LogP contribution in [-0.4, -0.2) is 58.0 Å². The van der Waals surface area contributed by atoms with Gasteiger partial charge in [0.2, 0.25) is 5.91 Å². The molecular formula is C17H28N2O3. The molecule has 1 atom stereocenters. The van der Waals surface area contributed by atoms with Crippen molar-refractivity contribution in [2.75, 3.05) is 13.1 Å². The highest BCUT2D eigenvalue weighted by atomic mass is 16.4. The normalized spacial score (nSPS) is 32.9. The summed E-state index contributed by atoms with van der Waals surface area (Å²) >= 11 is 0. The molecule has 1 heterocycles. The van der Waals surface area contributed by atoms with Gasteiger partial charge >= 0.3 is 5.97 Å². The lowest BCUT2D eigenvalue weighted by atomic mass is 9.86. The summed E-state index contributed by atoms with van der Waals surface area (Å²) in [6.07, 6.45) is 8.46. The van der Waals surface area contributed by atoms with E-state index in [9.17, 15) is 14.7 Å². The number of carbonyl (C=O) groups is 2. The summed E-state index contributed by atoms with van der Waals surface area (Å²) in [5.74, 6) is 0.160. The fourth-order valence-electron chi connectivity index (χ4n) is 4.13. The summed E-state index contributed by atoms with van der Waals surface area (Å²) in [5, 5.41) is 9.27. The molecule has 5 heteroatoms. The molecule has 3 rings (SSSR count). The number of hydrogen-bond acceptors (Lipinski definition) is 3. The molecule has 0 spiro atoms. The van der Waals surface area contributed by atoms with Crippen LogP contribution in [-0.2, 0) is 9.59 Å². The number of rotatable bonds is 5. The number of aliphatic carboxylic acids is 1. The van der Waals surface area contributed by atoms with Crippen molar-refractivity contribution in [3.8, 4) is 0 Å². The molecule has 0 bridgehead atoms. The quantitative estimate of drug-likeness (QED) is 0.845. The van der Waals surface area contributed by atoms with Crippen molar-refractivity contribution in [2.24, 2.45) is 5.92 Å².